The van der Waals surface area contributed by atoms with Gasteiger partial charge in [-0.1, -0.05) is 140 Å². The van der Waals surface area contributed by atoms with E-state index in [0.717, 1.165) is 24.8 Å². The second kappa shape index (κ2) is 17.7. The third kappa shape index (κ3) is 9.23. The molecule has 238 valence electrons. The van der Waals surface area contributed by atoms with Gasteiger partial charge >= 0.3 is 23.9 Å². The molecule has 2 fully saturated rings. The molecular weight excluding hydrogens is 544 g/mol. The van der Waals surface area contributed by atoms with Crippen LogP contribution in [0.25, 0.3) is 0 Å². The Balaban J connectivity index is 1.13. The zero-order valence-corrected chi connectivity index (χ0v) is 26.2. The number of carbonyl (C=O) groups is 4. The van der Waals surface area contributed by atoms with Crippen molar-refractivity contribution in [2.45, 2.75) is 147 Å². The van der Waals surface area contributed by atoms with Crippen LogP contribution in [0.3, 0.4) is 0 Å². The predicted molar refractivity (Wildman–Crippen MR) is 164 cm³/mol. The fraction of sp³-hybridized carbons (Fsp3) is 0.722. The van der Waals surface area contributed by atoms with Crippen molar-refractivity contribution in [3.8, 4) is 0 Å². The molecule has 5 unspecified atom stereocenters. The zero-order valence-electron chi connectivity index (χ0n) is 26.2. The van der Waals surface area contributed by atoms with Crippen LogP contribution in [0.15, 0.2) is 24.3 Å². The number of unbranched alkanes of at least 4 members (excludes halogenated alkanes) is 17. The molecule has 1 aromatic rings. The van der Waals surface area contributed by atoms with Crippen molar-refractivity contribution < 1.29 is 33.4 Å². The fourth-order valence-corrected chi connectivity index (χ4v) is 7.30. The van der Waals surface area contributed by atoms with Gasteiger partial charge in [0.2, 0.25) is 0 Å². The quantitative estimate of drug-likeness (QED) is 0.0804. The molecule has 2 aliphatic heterocycles. The molecule has 1 aromatic carbocycles. The number of hydrogen-bond donors (Lipinski definition) is 0. The van der Waals surface area contributed by atoms with Gasteiger partial charge in [-0.25, -0.2) is 0 Å². The average Bonchev–Trinajstić information content (AvgIpc) is 3.49. The lowest BCUT2D eigenvalue weighted by molar-refractivity contribution is -0.158. The van der Waals surface area contributed by atoms with E-state index in [1.807, 2.05) is 12.1 Å². The number of benzene rings is 1. The molecule has 7 nitrogen and oxygen atoms in total. The van der Waals surface area contributed by atoms with Crippen LogP contribution in [0.4, 0.5) is 0 Å². The highest BCUT2D eigenvalue weighted by Gasteiger charge is 2.59. The minimum atomic E-state index is -0.827. The van der Waals surface area contributed by atoms with Crippen molar-refractivity contribution in [3.63, 3.8) is 0 Å². The molecule has 5 atom stereocenters. The van der Waals surface area contributed by atoms with Gasteiger partial charge in [0.05, 0.1) is 24.4 Å². The van der Waals surface area contributed by atoms with Gasteiger partial charge in [-0.15, -0.1) is 0 Å². The summed E-state index contributed by atoms with van der Waals surface area (Å²) in [5.74, 6) is -5.23. The van der Waals surface area contributed by atoms with Crippen LogP contribution in [0, 0.1) is 11.8 Å². The normalized spacial score (nSPS) is 24.6. The van der Waals surface area contributed by atoms with Crippen molar-refractivity contribution in [2.75, 3.05) is 6.61 Å². The monoisotopic (exact) mass is 596 g/mol. The molecule has 0 N–H and O–H groups in total. The van der Waals surface area contributed by atoms with Crippen molar-refractivity contribution in [2.24, 2.45) is 11.8 Å². The van der Waals surface area contributed by atoms with E-state index < -0.39 is 53.7 Å². The Labute approximate surface area is 257 Å². The topological polar surface area (TPSA) is 96.0 Å². The molecule has 7 heteroatoms. The number of carbonyl (C=O) groups excluding carboxylic acids is 4. The maximum Gasteiger partial charge on any atom is 0.322 e. The van der Waals surface area contributed by atoms with E-state index in [1.165, 1.54) is 96.3 Å². The molecule has 2 saturated heterocycles. The average molecular weight is 597 g/mol. The molecule has 3 aliphatic rings. The van der Waals surface area contributed by atoms with Gasteiger partial charge in [0.1, 0.15) is 5.92 Å². The first-order chi connectivity index (χ1) is 21.0. The van der Waals surface area contributed by atoms with Crippen LogP contribution in [0.1, 0.15) is 152 Å². The summed E-state index contributed by atoms with van der Waals surface area (Å²) >= 11 is 0. The summed E-state index contributed by atoms with van der Waals surface area (Å²) < 4.78 is 16.3. The molecular formula is C36H52O7. The summed E-state index contributed by atoms with van der Waals surface area (Å²) in [6.45, 7) is 2.69. The molecule has 43 heavy (non-hydrogen) atoms. The van der Waals surface area contributed by atoms with E-state index in [0.29, 0.717) is 12.2 Å². The number of rotatable bonds is 21. The zero-order chi connectivity index (χ0) is 30.4. The number of esters is 4. The molecule has 0 saturated carbocycles. The van der Waals surface area contributed by atoms with Crippen LogP contribution >= 0.6 is 0 Å². The first kappa shape index (κ1) is 33.4. The molecule has 0 aromatic heterocycles. The lowest BCUT2D eigenvalue weighted by Crippen LogP contribution is -2.44. The van der Waals surface area contributed by atoms with E-state index in [1.54, 1.807) is 12.1 Å². The molecule has 1 aliphatic carbocycles. The van der Waals surface area contributed by atoms with Crippen molar-refractivity contribution in [1.82, 2.24) is 0 Å². The van der Waals surface area contributed by atoms with Gasteiger partial charge in [-0.2, -0.15) is 0 Å². The van der Waals surface area contributed by atoms with Gasteiger partial charge < -0.3 is 14.2 Å². The number of fused-ring (bicyclic) bond motifs is 3. The van der Waals surface area contributed by atoms with E-state index in [2.05, 4.69) is 6.92 Å². The van der Waals surface area contributed by atoms with Gasteiger partial charge in [0.25, 0.3) is 0 Å². The van der Waals surface area contributed by atoms with E-state index >= 15 is 0 Å². The van der Waals surface area contributed by atoms with Gasteiger partial charge in [-0.05, 0) is 17.5 Å². The van der Waals surface area contributed by atoms with Gasteiger partial charge in [0.15, 0.2) is 0 Å². The number of hydrogen-bond acceptors (Lipinski definition) is 7. The fourth-order valence-electron chi connectivity index (χ4n) is 7.30. The Hall–Kier alpha value is -2.54. The van der Waals surface area contributed by atoms with Crippen LogP contribution in [-0.4, -0.2) is 36.6 Å². The Kier molecular flexibility index (Phi) is 13.7. The smallest absolute Gasteiger partial charge is 0.322 e. The Morgan fingerprint density at radius 3 is 1.63 bits per heavy atom. The predicted octanol–water partition coefficient (Wildman–Crippen LogP) is 8.08. The highest BCUT2D eigenvalue weighted by Crippen LogP contribution is 2.52. The third-order valence-corrected chi connectivity index (χ3v) is 9.63. The molecule has 0 spiro atoms. The lowest BCUT2D eigenvalue weighted by Gasteiger charge is -2.40. The maximum atomic E-state index is 12.8. The van der Waals surface area contributed by atoms with Crippen LogP contribution < -0.4 is 0 Å². The Morgan fingerprint density at radius 2 is 1.12 bits per heavy atom. The largest absolute Gasteiger partial charge is 0.393 e. The second-order valence-corrected chi connectivity index (χ2v) is 12.8. The van der Waals surface area contributed by atoms with Crippen molar-refractivity contribution in [1.29, 1.82) is 0 Å². The third-order valence-electron chi connectivity index (χ3n) is 9.63. The highest BCUT2D eigenvalue weighted by molar-refractivity contribution is 6.01. The SMILES string of the molecule is CCCCCCCCCCCCCCCCCCCCOC1C2C(=O)OC(=O)C2c2ccccc2C1C1CC(=O)OC1=O. The van der Waals surface area contributed by atoms with Crippen molar-refractivity contribution in [3.05, 3.63) is 35.4 Å². The summed E-state index contributed by atoms with van der Waals surface area (Å²) in [6.07, 6.45) is 22.6. The van der Waals surface area contributed by atoms with Gasteiger partial charge in [-0.3, -0.25) is 19.2 Å². The molecule has 0 amide bonds. The van der Waals surface area contributed by atoms with E-state index in [4.69, 9.17) is 14.2 Å². The van der Waals surface area contributed by atoms with Crippen LogP contribution in [0.2, 0.25) is 0 Å². The van der Waals surface area contributed by atoms with Crippen LogP contribution in [0.5, 0.6) is 0 Å². The number of ether oxygens (including phenoxy) is 3. The second-order valence-electron chi connectivity index (χ2n) is 12.8. The lowest BCUT2D eigenvalue weighted by atomic mass is 9.65. The molecule has 2 heterocycles. The summed E-state index contributed by atoms with van der Waals surface area (Å²) in [6, 6.07) is 7.30. The number of cyclic esters (lactones) is 4. The Morgan fingerprint density at radius 1 is 0.605 bits per heavy atom. The maximum absolute atomic E-state index is 12.8. The minimum Gasteiger partial charge on any atom is -0.393 e. The summed E-state index contributed by atoms with van der Waals surface area (Å²) in [5, 5.41) is 0. The first-order valence-corrected chi connectivity index (χ1v) is 17.2. The van der Waals surface area contributed by atoms with Crippen molar-refractivity contribution >= 4 is 23.9 Å². The minimum absolute atomic E-state index is 0.0583. The standard InChI is InChI=1S/C36H52O7/c1-2-3-4-5-6-7-8-9-10-11-12-13-14-15-16-17-18-21-24-41-33-30(28-25-29(37)42-34(28)38)26-22-19-20-23-27(26)31-32(33)36(40)43-35(31)39/h19-20,22-23,28,30-33H,2-18,21,24-25H2,1H3. The van der Waals surface area contributed by atoms with Gasteiger partial charge in [0, 0.05) is 12.5 Å². The Bertz CT molecular complexity index is 1070. The molecule has 0 bridgehead atoms. The molecule has 0 radical (unpaired) electrons. The summed E-state index contributed by atoms with van der Waals surface area (Å²) in [4.78, 5) is 50.1. The summed E-state index contributed by atoms with van der Waals surface area (Å²) in [7, 11) is 0. The van der Waals surface area contributed by atoms with E-state index in [9.17, 15) is 19.2 Å². The summed E-state index contributed by atoms with van der Waals surface area (Å²) in [5.41, 5.74) is 1.43. The first-order valence-electron chi connectivity index (χ1n) is 17.2. The highest BCUT2D eigenvalue weighted by atomic mass is 16.6. The van der Waals surface area contributed by atoms with Crippen LogP contribution in [-0.2, 0) is 33.4 Å². The van der Waals surface area contributed by atoms with E-state index in [-0.39, 0.29) is 6.42 Å². The molecule has 4 rings (SSSR count).